The molecule has 0 bridgehead atoms. The average Bonchev–Trinajstić information content (AvgIpc) is 2.10. The normalized spacial score (nSPS) is 9.56. The number of halogens is 1. The number of hydrogen-bond donors (Lipinski definition) is 0. The third kappa shape index (κ3) is 1.40. The van der Waals surface area contributed by atoms with Crippen molar-refractivity contribution in [1.82, 2.24) is 4.98 Å². The maximum atomic E-state index is 4.15. The van der Waals surface area contributed by atoms with Crippen LogP contribution in [0.15, 0.2) is 10.5 Å². The Hall–Kier alpha value is -0.150. The molecule has 3 heteroatoms. The summed E-state index contributed by atoms with van der Waals surface area (Å²) in [6.45, 7) is 5.66. The third-order valence-corrected chi connectivity index (χ3v) is 2.44. The van der Waals surface area contributed by atoms with E-state index in [1.165, 1.54) is 4.88 Å². The predicted molar refractivity (Wildman–Crippen MR) is 44.6 cm³/mol. The summed E-state index contributed by atoms with van der Waals surface area (Å²) in [4.78, 5) is 5.35. The molecule has 0 aliphatic carbocycles. The third-order valence-electron chi connectivity index (χ3n) is 1.000. The molecule has 0 spiro atoms. The van der Waals surface area contributed by atoms with Crippen molar-refractivity contribution in [1.29, 1.82) is 0 Å². The SMILES string of the molecule is C=Cc1nc(Br)sc1C. The Kier molecular flexibility index (Phi) is 2.03. The summed E-state index contributed by atoms with van der Waals surface area (Å²) in [6, 6.07) is 0. The van der Waals surface area contributed by atoms with Crippen molar-refractivity contribution >= 4 is 33.3 Å². The van der Waals surface area contributed by atoms with Crippen molar-refractivity contribution < 1.29 is 0 Å². The number of hydrogen-bond acceptors (Lipinski definition) is 2. The van der Waals surface area contributed by atoms with Gasteiger partial charge in [-0.2, -0.15) is 0 Å². The Bertz CT molecular complexity index is 229. The van der Waals surface area contributed by atoms with Gasteiger partial charge in [-0.25, -0.2) is 4.98 Å². The molecule has 0 fully saturated rings. The molecule has 9 heavy (non-hydrogen) atoms. The van der Waals surface area contributed by atoms with E-state index in [1.54, 1.807) is 17.4 Å². The lowest BCUT2D eigenvalue weighted by atomic mass is 10.4. The highest BCUT2D eigenvalue weighted by atomic mass is 79.9. The summed E-state index contributed by atoms with van der Waals surface area (Å²) in [5, 5.41) is 0. The van der Waals surface area contributed by atoms with Crippen LogP contribution in [0.5, 0.6) is 0 Å². The second-order valence-electron chi connectivity index (χ2n) is 1.61. The van der Waals surface area contributed by atoms with Crippen LogP contribution >= 0.6 is 27.3 Å². The molecule has 0 saturated carbocycles. The van der Waals surface area contributed by atoms with Crippen LogP contribution in [0.2, 0.25) is 0 Å². The van der Waals surface area contributed by atoms with E-state index in [9.17, 15) is 0 Å². The Balaban J connectivity index is 3.15. The first kappa shape index (κ1) is 6.96. The Morgan fingerprint density at radius 1 is 1.78 bits per heavy atom. The van der Waals surface area contributed by atoms with Crippen molar-refractivity contribution in [2.75, 3.05) is 0 Å². The topological polar surface area (TPSA) is 12.9 Å². The largest absolute Gasteiger partial charge is 0.229 e. The molecule has 0 radical (unpaired) electrons. The first-order valence-electron chi connectivity index (χ1n) is 2.49. The molecule has 1 aromatic rings. The van der Waals surface area contributed by atoms with Gasteiger partial charge in [0.1, 0.15) is 0 Å². The zero-order valence-electron chi connectivity index (χ0n) is 5.02. The lowest BCUT2D eigenvalue weighted by Gasteiger charge is -1.80. The van der Waals surface area contributed by atoms with Crippen molar-refractivity contribution in [3.05, 3.63) is 21.1 Å². The number of aryl methyl sites for hydroxylation is 1. The smallest absolute Gasteiger partial charge is 0.159 e. The van der Waals surface area contributed by atoms with Crippen molar-refractivity contribution in [3.8, 4) is 0 Å². The summed E-state index contributed by atoms with van der Waals surface area (Å²) in [5.74, 6) is 0. The summed E-state index contributed by atoms with van der Waals surface area (Å²) in [5.41, 5.74) is 0.979. The monoisotopic (exact) mass is 203 g/mol. The molecule has 0 aliphatic heterocycles. The van der Waals surface area contributed by atoms with E-state index >= 15 is 0 Å². The van der Waals surface area contributed by atoms with Crippen LogP contribution in [0.25, 0.3) is 6.08 Å². The average molecular weight is 204 g/mol. The molecule has 0 unspecified atom stereocenters. The molecule has 0 amide bonds. The summed E-state index contributed by atoms with van der Waals surface area (Å²) in [7, 11) is 0. The van der Waals surface area contributed by atoms with Gasteiger partial charge in [0.25, 0.3) is 0 Å². The lowest BCUT2D eigenvalue weighted by molar-refractivity contribution is 1.32. The van der Waals surface area contributed by atoms with Gasteiger partial charge >= 0.3 is 0 Å². The predicted octanol–water partition coefficient (Wildman–Crippen LogP) is 2.86. The second-order valence-corrected chi connectivity index (χ2v) is 4.09. The van der Waals surface area contributed by atoms with Gasteiger partial charge in [-0.1, -0.05) is 6.58 Å². The number of aromatic nitrogens is 1. The maximum Gasteiger partial charge on any atom is 0.159 e. The van der Waals surface area contributed by atoms with E-state index in [2.05, 4.69) is 27.5 Å². The number of thiazole rings is 1. The molecule has 48 valence electrons. The van der Waals surface area contributed by atoms with E-state index < -0.39 is 0 Å². The van der Waals surface area contributed by atoms with Gasteiger partial charge in [-0.05, 0) is 28.9 Å². The van der Waals surface area contributed by atoms with E-state index in [0.717, 1.165) is 9.61 Å². The van der Waals surface area contributed by atoms with Gasteiger partial charge in [-0.3, -0.25) is 0 Å². The van der Waals surface area contributed by atoms with Crippen molar-refractivity contribution in [3.63, 3.8) is 0 Å². The van der Waals surface area contributed by atoms with Crippen LogP contribution in [0, 0.1) is 6.92 Å². The van der Waals surface area contributed by atoms with Gasteiger partial charge in [-0.15, -0.1) is 11.3 Å². The number of rotatable bonds is 1. The van der Waals surface area contributed by atoms with Crippen LogP contribution in [0.4, 0.5) is 0 Å². The van der Waals surface area contributed by atoms with Crippen LogP contribution in [0.3, 0.4) is 0 Å². The van der Waals surface area contributed by atoms with Crippen molar-refractivity contribution in [2.45, 2.75) is 6.92 Å². The molecule has 0 aliphatic rings. The zero-order valence-corrected chi connectivity index (χ0v) is 7.42. The van der Waals surface area contributed by atoms with Crippen LogP contribution < -0.4 is 0 Å². The minimum absolute atomic E-state index is 0.926. The van der Waals surface area contributed by atoms with Gasteiger partial charge in [0.2, 0.25) is 0 Å². The van der Waals surface area contributed by atoms with E-state index in [1.807, 2.05) is 6.92 Å². The molecule has 0 saturated heterocycles. The molecule has 0 aromatic carbocycles. The fourth-order valence-corrected chi connectivity index (χ4v) is 2.11. The molecular weight excluding hydrogens is 198 g/mol. The molecule has 1 nitrogen and oxygen atoms in total. The number of nitrogens with zero attached hydrogens (tertiary/aromatic N) is 1. The molecule has 1 rings (SSSR count). The Morgan fingerprint density at radius 3 is 2.67 bits per heavy atom. The first-order valence-corrected chi connectivity index (χ1v) is 4.10. The lowest BCUT2D eigenvalue weighted by Crippen LogP contribution is -1.70. The molecule has 0 N–H and O–H groups in total. The summed E-state index contributed by atoms with van der Waals surface area (Å²) in [6.07, 6.45) is 1.76. The molecule has 1 heterocycles. The fraction of sp³-hybridized carbons (Fsp3) is 0.167. The highest BCUT2D eigenvalue weighted by Crippen LogP contribution is 2.22. The van der Waals surface area contributed by atoms with Gasteiger partial charge in [0.15, 0.2) is 3.92 Å². The van der Waals surface area contributed by atoms with E-state index in [0.29, 0.717) is 0 Å². The van der Waals surface area contributed by atoms with Crippen LogP contribution in [0.1, 0.15) is 10.6 Å². The van der Waals surface area contributed by atoms with Crippen LogP contribution in [-0.2, 0) is 0 Å². The molecule has 1 aromatic heterocycles. The van der Waals surface area contributed by atoms with Gasteiger partial charge in [0.05, 0.1) is 5.69 Å². The second kappa shape index (κ2) is 2.62. The molecular formula is C6H6BrNS. The minimum Gasteiger partial charge on any atom is -0.229 e. The highest BCUT2D eigenvalue weighted by molar-refractivity contribution is 9.11. The fourth-order valence-electron chi connectivity index (χ4n) is 0.564. The highest BCUT2D eigenvalue weighted by Gasteiger charge is 1.99. The van der Waals surface area contributed by atoms with Gasteiger partial charge < -0.3 is 0 Å². The maximum absolute atomic E-state index is 4.15. The molecule has 0 atom stereocenters. The van der Waals surface area contributed by atoms with Crippen molar-refractivity contribution in [2.24, 2.45) is 0 Å². The zero-order chi connectivity index (χ0) is 6.85. The summed E-state index contributed by atoms with van der Waals surface area (Å²) >= 11 is 4.91. The minimum atomic E-state index is 0.926. The quantitative estimate of drug-likeness (QED) is 0.685. The standard InChI is InChI=1S/C6H6BrNS/c1-3-5-4(2)9-6(7)8-5/h3H,1H2,2H3. The van der Waals surface area contributed by atoms with E-state index in [4.69, 9.17) is 0 Å². The van der Waals surface area contributed by atoms with Gasteiger partial charge in [0, 0.05) is 4.88 Å². The van der Waals surface area contributed by atoms with E-state index in [-0.39, 0.29) is 0 Å². The Morgan fingerprint density at radius 2 is 2.44 bits per heavy atom. The van der Waals surface area contributed by atoms with Crippen LogP contribution in [-0.4, -0.2) is 4.98 Å². The summed E-state index contributed by atoms with van der Waals surface area (Å²) < 4.78 is 0.926. The Labute approximate surface area is 66.6 Å². The first-order chi connectivity index (χ1) is 4.24.